The summed E-state index contributed by atoms with van der Waals surface area (Å²) in [6.07, 6.45) is 6.75. The lowest BCUT2D eigenvalue weighted by atomic mass is 10.0. The molecule has 2 N–H and O–H groups in total. The number of likely N-dealkylation sites (tertiary alicyclic amines) is 1. The molecule has 1 saturated heterocycles. The summed E-state index contributed by atoms with van der Waals surface area (Å²) in [5, 5.41) is 6.99. The van der Waals surface area contributed by atoms with Crippen molar-refractivity contribution in [3.05, 3.63) is 0 Å². The summed E-state index contributed by atoms with van der Waals surface area (Å²) in [6, 6.07) is 0.784. The fraction of sp³-hybridized carbons (Fsp3) is 0.900. The Hall–Kier alpha value is -1.30. The molecule has 2 atom stereocenters. The van der Waals surface area contributed by atoms with Gasteiger partial charge in [-0.05, 0) is 45.7 Å². The maximum Gasteiger partial charge on any atom is 0.225 e. The molecule has 0 bridgehead atoms. The number of likely N-dealkylation sites (N-methyl/N-ethyl adjacent to an activating group) is 1. The van der Waals surface area contributed by atoms with Crippen LogP contribution in [0.15, 0.2) is 4.99 Å². The molecule has 26 heavy (non-hydrogen) atoms. The normalized spacial score (nSPS) is 23.1. The smallest absolute Gasteiger partial charge is 0.225 e. The number of nitrogens with one attached hydrogen (secondary N) is 2. The topological polar surface area (TPSA) is 60.0 Å². The second-order valence-corrected chi connectivity index (χ2v) is 8.60. The van der Waals surface area contributed by atoms with E-state index in [-0.39, 0.29) is 5.92 Å². The van der Waals surface area contributed by atoms with Crippen molar-refractivity contribution in [1.82, 2.24) is 20.4 Å². The molecular formula is C20H39N5O. The second kappa shape index (κ2) is 10.1. The molecule has 0 aromatic heterocycles. The Bertz CT molecular complexity index is 471. The zero-order valence-corrected chi connectivity index (χ0v) is 17.4. The van der Waals surface area contributed by atoms with Gasteiger partial charge in [-0.1, -0.05) is 26.7 Å². The quantitative estimate of drug-likeness (QED) is 0.535. The van der Waals surface area contributed by atoms with Crippen molar-refractivity contribution >= 4 is 11.9 Å². The summed E-state index contributed by atoms with van der Waals surface area (Å²) in [7, 11) is 6.08. The molecule has 1 amide bonds. The second-order valence-electron chi connectivity index (χ2n) is 8.60. The van der Waals surface area contributed by atoms with Crippen LogP contribution in [-0.4, -0.2) is 74.5 Å². The third-order valence-electron chi connectivity index (χ3n) is 5.75. The summed E-state index contributed by atoms with van der Waals surface area (Å²) in [4.78, 5) is 21.3. The average molecular weight is 366 g/mol. The number of guanidine groups is 1. The standard InChI is InChI=1S/C20H39N5O/c1-15(2)12-18(24(4)5)13-22-20(21-3)23-17-10-11-25(14-17)19(26)16-8-6-7-9-16/h15-18H,6-14H2,1-5H3,(H2,21,22,23). The number of nitrogens with zero attached hydrogens (tertiary/aromatic N) is 3. The Morgan fingerprint density at radius 1 is 1.23 bits per heavy atom. The van der Waals surface area contributed by atoms with E-state index in [1.165, 1.54) is 12.8 Å². The third-order valence-corrected chi connectivity index (χ3v) is 5.75. The Morgan fingerprint density at radius 3 is 2.50 bits per heavy atom. The molecule has 1 aliphatic carbocycles. The molecule has 2 rings (SSSR count). The van der Waals surface area contributed by atoms with Gasteiger partial charge in [0, 0.05) is 44.7 Å². The Balaban J connectivity index is 1.78. The van der Waals surface area contributed by atoms with Crippen LogP contribution in [0.1, 0.15) is 52.4 Å². The Labute approximate surface area is 159 Å². The number of rotatable bonds is 7. The monoisotopic (exact) mass is 365 g/mol. The van der Waals surface area contributed by atoms with E-state index in [0.29, 0.717) is 23.9 Å². The van der Waals surface area contributed by atoms with Crippen LogP contribution in [0.4, 0.5) is 0 Å². The Morgan fingerprint density at radius 2 is 1.92 bits per heavy atom. The van der Waals surface area contributed by atoms with Crippen molar-refractivity contribution in [2.45, 2.75) is 64.5 Å². The molecule has 0 spiro atoms. The third kappa shape index (κ3) is 6.15. The molecule has 6 nitrogen and oxygen atoms in total. The number of hydrogen-bond donors (Lipinski definition) is 2. The Kier molecular flexibility index (Phi) is 8.19. The number of carbonyl (C=O) groups excluding carboxylic acids is 1. The minimum Gasteiger partial charge on any atom is -0.355 e. The van der Waals surface area contributed by atoms with Gasteiger partial charge in [-0.25, -0.2) is 0 Å². The SMILES string of the molecule is CN=C(NCC(CC(C)C)N(C)C)NC1CCN(C(=O)C2CCCC2)C1. The van der Waals surface area contributed by atoms with E-state index < -0.39 is 0 Å². The first-order chi connectivity index (χ1) is 12.4. The molecule has 1 heterocycles. The maximum atomic E-state index is 12.6. The lowest BCUT2D eigenvalue weighted by Gasteiger charge is -2.27. The zero-order valence-electron chi connectivity index (χ0n) is 17.4. The number of aliphatic imine (C=N–C) groups is 1. The van der Waals surface area contributed by atoms with Gasteiger partial charge in [0.05, 0.1) is 0 Å². The van der Waals surface area contributed by atoms with Crippen LogP contribution in [0.5, 0.6) is 0 Å². The highest BCUT2D eigenvalue weighted by atomic mass is 16.2. The van der Waals surface area contributed by atoms with Gasteiger partial charge in [0.1, 0.15) is 0 Å². The molecule has 1 aliphatic heterocycles. The molecule has 150 valence electrons. The molecule has 0 aromatic rings. The van der Waals surface area contributed by atoms with E-state index in [9.17, 15) is 4.79 Å². The van der Waals surface area contributed by atoms with Crippen LogP contribution < -0.4 is 10.6 Å². The summed E-state index contributed by atoms with van der Waals surface area (Å²) >= 11 is 0. The minimum absolute atomic E-state index is 0.281. The summed E-state index contributed by atoms with van der Waals surface area (Å²) < 4.78 is 0. The summed E-state index contributed by atoms with van der Waals surface area (Å²) in [5.41, 5.74) is 0. The van der Waals surface area contributed by atoms with Crippen molar-refractivity contribution in [3.63, 3.8) is 0 Å². The molecule has 0 aromatic carbocycles. The van der Waals surface area contributed by atoms with Gasteiger partial charge in [-0.2, -0.15) is 0 Å². The van der Waals surface area contributed by atoms with E-state index in [0.717, 1.165) is 51.3 Å². The van der Waals surface area contributed by atoms with Gasteiger partial charge >= 0.3 is 0 Å². The molecular weight excluding hydrogens is 326 g/mol. The predicted molar refractivity (Wildman–Crippen MR) is 108 cm³/mol. The largest absolute Gasteiger partial charge is 0.355 e. The first-order valence-electron chi connectivity index (χ1n) is 10.3. The van der Waals surface area contributed by atoms with Crippen LogP contribution in [0.25, 0.3) is 0 Å². The number of amides is 1. The van der Waals surface area contributed by atoms with Crippen LogP contribution in [0, 0.1) is 11.8 Å². The van der Waals surface area contributed by atoms with E-state index >= 15 is 0 Å². The zero-order chi connectivity index (χ0) is 19.1. The number of carbonyl (C=O) groups is 1. The fourth-order valence-electron chi connectivity index (χ4n) is 4.13. The van der Waals surface area contributed by atoms with Gasteiger partial charge in [-0.15, -0.1) is 0 Å². The van der Waals surface area contributed by atoms with Gasteiger partial charge in [0.15, 0.2) is 5.96 Å². The van der Waals surface area contributed by atoms with Crippen LogP contribution in [0.2, 0.25) is 0 Å². The highest BCUT2D eigenvalue weighted by molar-refractivity contribution is 5.81. The van der Waals surface area contributed by atoms with Crippen LogP contribution in [-0.2, 0) is 4.79 Å². The molecule has 1 saturated carbocycles. The highest BCUT2D eigenvalue weighted by Gasteiger charge is 2.32. The van der Waals surface area contributed by atoms with E-state index in [1.807, 2.05) is 7.05 Å². The van der Waals surface area contributed by atoms with Crippen molar-refractivity contribution in [3.8, 4) is 0 Å². The van der Waals surface area contributed by atoms with Crippen molar-refractivity contribution in [1.29, 1.82) is 0 Å². The molecule has 2 fully saturated rings. The van der Waals surface area contributed by atoms with Crippen molar-refractivity contribution in [2.24, 2.45) is 16.8 Å². The maximum absolute atomic E-state index is 12.6. The average Bonchev–Trinajstić information content (AvgIpc) is 3.27. The number of hydrogen-bond acceptors (Lipinski definition) is 3. The fourth-order valence-corrected chi connectivity index (χ4v) is 4.13. The summed E-state index contributed by atoms with van der Waals surface area (Å²) in [5.74, 6) is 2.17. The van der Waals surface area contributed by atoms with Gasteiger partial charge < -0.3 is 20.4 Å². The van der Waals surface area contributed by atoms with Crippen LogP contribution in [0.3, 0.4) is 0 Å². The molecule has 6 heteroatoms. The van der Waals surface area contributed by atoms with Gasteiger partial charge in [-0.3, -0.25) is 9.79 Å². The first-order valence-corrected chi connectivity index (χ1v) is 10.3. The van der Waals surface area contributed by atoms with E-state index in [2.05, 4.69) is 53.4 Å². The van der Waals surface area contributed by atoms with E-state index in [4.69, 9.17) is 0 Å². The van der Waals surface area contributed by atoms with Gasteiger partial charge in [0.25, 0.3) is 0 Å². The minimum atomic E-state index is 0.281. The first kappa shape index (κ1) is 21.0. The van der Waals surface area contributed by atoms with E-state index in [1.54, 1.807) is 0 Å². The highest BCUT2D eigenvalue weighted by Crippen LogP contribution is 2.27. The lowest BCUT2D eigenvalue weighted by Crippen LogP contribution is -2.49. The molecule has 2 aliphatic rings. The van der Waals surface area contributed by atoms with Crippen molar-refractivity contribution in [2.75, 3.05) is 40.8 Å². The molecule has 0 radical (unpaired) electrons. The lowest BCUT2D eigenvalue weighted by molar-refractivity contribution is -0.134. The molecule has 2 unspecified atom stereocenters. The van der Waals surface area contributed by atoms with Crippen LogP contribution >= 0.6 is 0 Å². The summed E-state index contributed by atoms with van der Waals surface area (Å²) in [6.45, 7) is 7.08. The van der Waals surface area contributed by atoms with Gasteiger partial charge in [0.2, 0.25) is 5.91 Å². The van der Waals surface area contributed by atoms with Crippen molar-refractivity contribution < 1.29 is 4.79 Å². The predicted octanol–water partition coefficient (Wildman–Crippen LogP) is 1.92.